The Hall–Kier alpha value is -1.72. The van der Waals surface area contributed by atoms with Crippen molar-refractivity contribution in [2.45, 2.75) is 25.4 Å². The predicted molar refractivity (Wildman–Crippen MR) is 65.1 cm³/mol. The molecule has 0 amide bonds. The number of fused-ring (bicyclic) bond motifs is 1. The van der Waals surface area contributed by atoms with Crippen LogP contribution >= 0.6 is 0 Å². The number of rotatable bonds is 1. The lowest BCUT2D eigenvalue weighted by atomic mass is 10.1. The van der Waals surface area contributed by atoms with E-state index in [0.717, 1.165) is 38.1 Å². The summed E-state index contributed by atoms with van der Waals surface area (Å²) in [7, 11) is 0. The second-order valence-corrected chi connectivity index (χ2v) is 4.72. The Kier molecular flexibility index (Phi) is 2.88. The summed E-state index contributed by atoms with van der Waals surface area (Å²) < 4.78 is 43.3. The second-order valence-electron chi connectivity index (χ2n) is 4.72. The fourth-order valence-electron chi connectivity index (χ4n) is 2.31. The maximum atomic E-state index is 12.6. The molecule has 1 aliphatic rings. The van der Waals surface area contributed by atoms with Gasteiger partial charge in [-0.1, -0.05) is 0 Å². The quantitative estimate of drug-likeness (QED) is 0.788. The largest absolute Gasteiger partial charge is 0.423 e. The third-order valence-corrected chi connectivity index (χ3v) is 3.33. The van der Waals surface area contributed by atoms with Crippen molar-refractivity contribution in [1.29, 1.82) is 0 Å². The van der Waals surface area contributed by atoms with Crippen LogP contribution in [0.1, 0.15) is 24.8 Å². The lowest BCUT2D eigenvalue weighted by molar-refractivity contribution is -0.137. The van der Waals surface area contributed by atoms with Crippen molar-refractivity contribution in [3.8, 4) is 0 Å². The molecule has 19 heavy (non-hydrogen) atoms. The molecule has 0 radical (unpaired) electrons. The van der Waals surface area contributed by atoms with Gasteiger partial charge in [-0.05, 0) is 37.5 Å². The number of benzene rings is 1. The summed E-state index contributed by atoms with van der Waals surface area (Å²) >= 11 is 0. The fraction of sp³-hybridized carbons (Fsp3) is 0.462. The van der Waals surface area contributed by atoms with Gasteiger partial charge in [0.05, 0.1) is 5.56 Å². The third-order valence-electron chi connectivity index (χ3n) is 3.33. The first-order valence-corrected chi connectivity index (χ1v) is 6.27. The molecule has 102 valence electrons. The van der Waals surface area contributed by atoms with Gasteiger partial charge in [0.1, 0.15) is 5.52 Å². The molecule has 1 aromatic heterocycles. The first-order valence-electron chi connectivity index (χ1n) is 6.27. The summed E-state index contributed by atoms with van der Waals surface area (Å²) in [5.41, 5.74) is -0.0394. The minimum Gasteiger partial charge on any atom is -0.423 e. The second kappa shape index (κ2) is 4.43. The molecule has 3 nitrogen and oxygen atoms in total. The zero-order valence-electron chi connectivity index (χ0n) is 10.2. The van der Waals surface area contributed by atoms with E-state index in [4.69, 9.17) is 4.42 Å². The molecule has 0 bridgehead atoms. The van der Waals surface area contributed by atoms with E-state index in [-0.39, 0.29) is 5.52 Å². The molecule has 1 aliphatic heterocycles. The molecule has 2 aromatic rings. The van der Waals surface area contributed by atoms with E-state index in [9.17, 15) is 13.2 Å². The van der Waals surface area contributed by atoms with Gasteiger partial charge in [-0.15, -0.1) is 0 Å². The average molecular weight is 270 g/mol. The molecule has 0 saturated carbocycles. The van der Waals surface area contributed by atoms with Gasteiger partial charge in [-0.25, -0.2) is 0 Å². The van der Waals surface area contributed by atoms with Crippen LogP contribution in [0.3, 0.4) is 0 Å². The van der Waals surface area contributed by atoms with Crippen molar-refractivity contribution in [3.63, 3.8) is 0 Å². The van der Waals surface area contributed by atoms with Crippen LogP contribution in [0.4, 0.5) is 19.2 Å². The average Bonchev–Trinajstić information content (AvgIpc) is 2.81. The summed E-state index contributed by atoms with van der Waals surface area (Å²) in [4.78, 5) is 6.15. The number of alkyl halides is 3. The van der Waals surface area contributed by atoms with Gasteiger partial charge in [0, 0.05) is 13.1 Å². The van der Waals surface area contributed by atoms with Crippen LogP contribution in [-0.4, -0.2) is 18.1 Å². The van der Waals surface area contributed by atoms with Crippen molar-refractivity contribution < 1.29 is 17.6 Å². The summed E-state index contributed by atoms with van der Waals surface area (Å²) in [5.74, 6) is 0. The van der Waals surface area contributed by atoms with Crippen LogP contribution < -0.4 is 4.90 Å². The van der Waals surface area contributed by atoms with Crippen molar-refractivity contribution in [2.75, 3.05) is 18.0 Å². The van der Waals surface area contributed by atoms with E-state index >= 15 is 0 Å². The number of aromatic nitrogens is 1. The summed E-state index contributed by atoms with van der Waals surface area (Å²) in [6, 6.07) is 3.81. The van der Waals surface area contributed by atoms with E-state index in [2.05, 4.69) is 4.98 Å². The van der Waals surface area contributed by atoms with Crippen LogP contribution in [0.25, 0.3) is 11.1 Å². The monoisotopic (exact) mass is 270 g/mol. The van der Waals surface area contributed by atoms with Gasteiger partial charge in [-0.3, -0.25) is 0 Å². The molecule has 1 aromatic carbocycles. The first-order chi connectivity index (χ1) is 9.04. The van der Waals surface area contributed by atoms with Gasteiger partial charge in [-0.2, -0.15) is 18.2 Å². The zero-order chi connectivity index (χ0) is 13.5. The predicted octanol–water partition coefficient (Wildman–Crippen LogP) is 3.84. The van der Waals surface area contributed by atoms with Gasteiger partial charge in [0.25, 0.3) is 6.01 Å². The lowest BCUT2D eigenvalue weighted by Crippen LogP contribution is -2.29. The van der Waals surface area contributed by atoms with E-state index in [1.807, 2.05) is 4.90 Å². The molecular weight excluding hydrogens is 257 g/mol. The van der Waals surface area contributed by atoms with E-state index < -0.39 is 11.7 Å². The number of nitrogens with zero attached hydrogens (tertiary/aromatic N) is 2. The Bertz CT molecular complexity index is 585. The molecule has 1 saturated heterocycles. The maximum absolute atomic E-state index is 12.6. The summed E-state index contributed by atoms with van der Waals surface area (Å²) in [6.07, 6.45) is -1.05. The highest BCUT2D eigenvalue weighted by molar-refractivity contribution is 5.75. The lowest BCUT2D eigenvalue weighted by Gasteiger charge is -2.24. The van der Waals surface area contributed by atoms with Crippen molar-refractivity contribution >= 4 is 17.1 Å². The molecule has 6 heteroatoms. The fourth-order valence-corrected chi connectivity index (χ4v) is 2.31. The summed E-state index contributed by atoms with van der Waals surface area (Å²) in [6.45, 7) is 1.69. The number of halogens is 3. The van der Waals surface area contributed by atoms with Crippen molar-refractivity contribution in [2.24, 2.45) is 0 Å². The smallest absolute Gasteiger partial charge is 0.416 e. The highest BCUT2D eigenvalue weighted by atomic mass is 19.4. The standard InChI is InChI=1S/C13H13F3N2O/c14-13(15,16)9-4-5-11-10(8-9)17-12(19-11)18-6-2-1-3-7-18/h4-5,8H,1-3,6-7H2. The SMILES string of the molecule is FC(F)(F)c1ccc2oc(N3CCCCC3)nc2c1. The minimum atomic E-state index is -4.35. The van der Waals surface area contributed by atoms with E-state index in [0.29, 0.717) is 11.6 Å². The Labute approximate surface area is 108 Å². The number of anilines is 1. The number of hydrogen-bond acceptors (Lipinski definition) is 3. The highest BCUT2D eigenvalue weighted by Crippen LogP contribution is 2.32. The third kappa shape index (κ3) is 2.39. The normalized spacial score (nSPS) is 17.1. The molecule has 1 fully saturated rings. The number of piperidine rings is 1. The van der Waals surface area contributed by atoms with Crippen molar-refractivity contribution in [1.82, 2.24) is 4.98 Å². The molecule has 0 aliphatic carbocycles. The van der Waals surface area contributed by atoms with Crippen LogP contribution in [0.15, 0.2) is 22.6 Å². The topological polar surface area (TPSA) is 29.3 Å². The molecule has 0 spiro atoms. The van der Waals surface area contributed by atoms with Crippen LogP contribution in [0.5, 0.6) is 0 Å². The zero-order valence-corrected chi connectivity index (χ0v) is 10.2. The Morgan fingerprint density at radius 1 is 1.11 bits per heavy atom. The van der Waals surface area contributed by atoms with Crippen molar-refractivity contribution in [3.05, 3.63) is 23.8 Å². The maximum Gasteiger partial charge on any atom is 0.416 e. The van der Waals surface area contributed by atoms with Gasteiger partial charge >= 0.3 is 6.18 Å². The van der Waals surface area contributed by atoms with Crippen LogP contribution in [0.2, 0.25) is 0 Å². The minimum absolute atomic E-state index is 0.260. The van der Waals surface area contributed by atoms with Gasteiger partial charge in [0.15, 0.2) is 5.58 Å². The first kappa shape index (κ1) is 12.3. The van der Waals surface area contributed by atoms with Gasteiger partial charge in [0.2, 0.25) is 0 Å². The van der Waals surface area contributed by atoms with Crippen LogP contribution in [-0.2, 0) is 6.18 Å². The molecule has 0 N–H and O–H groups in total. The Balaban J connectivity index is 1.96. The van der Waals surface area contributed by atoms with Gasteiger partial charge < -0.3 is 9.32 Å². The molecule has 2 heterocycles. The highest BCUT2D eigenvalue weighted by Gasteiger charge is 2.31. The number of oxazole rings is 1. The summed E-state index contributed by atoms with van der Waals surface area (Å²) in [5, 5.41) is 0. The number of hydrogen-bond donors (Lipinski definition) is 0. The molecule has 3 rings (SSSR count). The molecular formula is C13H13F3N2O. The van der Waals surface area contributed by atoms with E-state index in [1.54, 1.807) is 0 Å². The molecule has 0 atom stereocenters. The molecule has 0 unspecified atom stereocenters. The Morgan fingerprint density at radius 3 is 2.53 bits per heavy atom. The van der Waals surface area contributed by atoms with Crippen LogP contribution in [0, 0.1) is 0 Å². The van der Waals surface area contributed by atoms with E-state index in [1.165, 1.54) is 12.5 Å². The Morgan fingerprint density at radius 2 is 1.84 bits per heavy atom.